The number of benzene rings is 1. The maximum absolute atomic E-state index is 13.5. The van der Waals surface area contributed by atoms with Gasteiger partial charge in [0.25, 0.3) is 0 Å². The number of rotatable bonds is 7. The summed E-state index contributed by atoms with van der Waals surface area (Å²) >= 11 is 0. The third-order valence-electron chi connectivity index (χ3n) is 11.8. The minimum Gasteiger partial charge on any atom is -0.486 e. The van der Waals surface area contributed by atoms with Gasteiger partial charge in [-0.1, -0.05) is 19.9 Å². The Kier molecular flexibility index (Phi) is 6.64. The lowest BCUT2D eigenvalue weighted by molar-refractivity contribution is -0.199. The Morgan fingerprint density at radius 2 is 1.76 bits per heavy atom. The van der Waals surface area contributed by atoms with E-state index in [9.17, 15) is 9.59 Å². The second kappa shape index (κ2) is 9.72. The van der Waals surface area contributed by atoms with Crippen LogP contribution in [0, 0.1) is 41.9 Å². The highest BCUT2D eigenvalue weighted by Gasteiger charge is 2.67. The van der Waals surface area contributed by atoms with E-state index in [-0.39, 0.29) is 42.7 Å². The van der Waals surface area contributed by atoms with Crippen molar-refractivity contribution in [2.75, 3.05) is 13.1 Å². The van der Waals surface area contributed by atoms with E-state index in [4.69, 9.17) is 18.8 Å². The van der Waals surface area contributed by atoms with Crippen molar-refractivity contribution in [2.24, 2.45) is 35.0 Å². The number of carbonyl (C=O) groups excluding carboxylic acids is 2. The number of carbonyl (C=O) groups is 2. The maximum Gasteiger partial charge on any atom is 0.457 e. The van der Waals surface area contributed by atoms with Gasteiger partial charge in [-0.05, 0) is 126 Å². The zero-order valence-electron chi connectivity index (χ0n) is 26.5. The second-order valence-corrected chi connectivity index (χ2v) is 16.1. The van der Waals surface area contributed by atoms with Crippen molar-refractivity contribution in [1.82, 2.24) is 4.90 Å². The van der Waals surface area contributed by atoms with Crippen LogP contribution < -0.4 is 4.74 Å². The van der Waals surface area contributed by atoms with Crippen LogP contribution in [0.25, 0.3) is 0 Å². The molecule has 228 valence electrons. The van der Waals surface area contributed by atoms with Gasteiger partial charge in [-0.2, -0.15) is 0 Å². The summed E-state index contributed by atoms with van der Waals surface area (Å²) in [7, 11) is -0.236. The van der Waals surface area contributed by atoms with Crippen LogP contribution in [0.1, 0.15) is 95.1 Å². The Morgan fingerprint density at radius 1 is 1.05 bits per heavy atom. The quantitative estimate of drug-likeness (QED) is 0.299. The van der Waals surface area contributed by atoms with Crippen molar-refractivity contribution in [3.63, 3.8) is 0 Å². The average molecular weight is 578 g/mol. The van der Waals surface area contributed by atoms with E-state index >= 15 is 0 Å². The molecule has 0 aromatic heterocycles. The van der Waals surface area contributed by atoms with Gasteiger partial charge in [-0.3, -0.25) is 4.79 Å². The first kappa shape index (κ1) is 28.7. The molecule has 0 N–H and O–H groups in total. The van der Waals surface area contributed by atoms with Crippen LogP contribution >= 0.6 is 0 Å². The van der Waals surface area contributed by atoms with Crippen LogP contribution in [0.5, 0.6) is 5.75 Å². The molecule has 1 unspecified atom stereocenters. The van der Waals surface area contributed by atoms with E-state index in [1.165, 1.54) is 12.8 Å². The van der Waals surface area contributed by atoms with Gasteiger partial charge in [0.2, 0.25) is 5.91 Å². The predicted molar refractivity (Wildman–Crippen MR) is 160 cm³/mol. The van der Waals surface area contributed by atoms with Crippen LogP contribution in [-0.2, 0) is 25.3 Å². The smallest absolute Gasteiger partial charge is 0.457 e. The molecular weight excluding hydrogens is 529 g/mol. The molecule has 1 amide bonds. The van der Waals surface area contributed by atoms with Crippen molar-refractivity contribution < 1.29 is 28.4 Å². The lowest BCUT2D eigenvalue weighted by Gasteiger charge is -2.64. The molecule has 0 spiro atoms. The summed E-state index contributed by atoms with van der Waals surface area (Å²) in [4.78, 5) is 28.3. The summed E-state index contributed by atoms with van der Waals surface area (Å²) in [6.45, 7) is 15.8. The maximum atomic E-state index is 13.5. The molecule has 7 nitrogen and oxygen atoms in total. The van der Waals surface area contributed by atoms with Gasteiger partial charge in [-0.15, -0.1) is 0 Å². The molecule has 2 aliphatic heterocycles. The first-order valence-electron chi connectivity index (χ1n) is 16.4. The van der Waals surface area contributed by atoms with Gasteiger partial charge >= 0.3 is 13.1 Å². The monoisotopic (exact) mass is 577 g/mol. The Hall–Kier alpha value is -2.06. The van der Waals surface area contributed by atoms with Crippen LogP contribution in [0.3, 0.4) is 0 Å². The fraction of sp³-hybridized carbons (Fsp3) is 0.765. The zero-order chi connectivity index (χ0) is 29.8. The highest BCUT2D eigenvalue weighted by atomic mass is 16.7. The number of fused-ring (bicyclic) bond motifs is 1. The Balaban J connectivity index is 1.02. The van der Waals surface area contributed by atoms with E-state index in [2.05, 4.69) is 26.8 Å². The third-order valence-corrected chi connectivity index (χ3v) is 11.8. The van der Waals surface area contributed by atoms with Gasteiger partial charge in [0.05, 0.1) is 24.8 Å². The third kappa shape index (κ3) is 4.79. The van der Waals surface area contributed by atoms with Crippen molar-refractivity contribution in [3.05, 3.63) is 28.8 Å². The van der Waals surface area contributed by atoms with Crippen LogP contribution in [0.15, 0.2) is 12.1 Å². The van der Waals surface area contributed by atoms with E-state index in [0.29, 0.717) is 35.7 Å². The fourth-order valence-corrected chi connectivity index (χ4v) is 9.08. The van der Waals surface area contributed by atoms with Crippen LogP contribution in [-0.4, -0.2) is 60.4 Å². The van der Waals surface area contributed by atoms with Gasteiger partial charge in [-0.25, -0.2) is 4.79 Å². The van der Waals surface area contributed by atoms with E-state index in [1.807, 2.05) is 38.7 Å². The minimum absolute atomic E-state index is 0.115. The molecule has 42 heavy (non-hydrogen) atoms. The number of hydrogen-bond donors (Lipinski definition) is 0. The molecule has 2 bridgehead atoms. The molecule has 1 aromatic carbocycles. The Bertz CT molecular complexity index is 1270. The Morgan fingerprint density at radius 3 is 2.43 bits per heavy atom. The molecule has 5 aliphatic carbocycles. The highest BCUT2D eigenvalue weighted by Crippen LogP contribution is 2.65. The average Bonchev–Trinajstić information content (AvgIpc) is 3.31. The predicted octanol–water partition coefficient (Wildman–Crippen LogP) is 5.86. The van der Waals surface area contributed by atoms with Gasteiger partial charge in [0.15, 0.2) is 0 Å². The first-order chi connectivity index (χ1) is 19.7. The summed E-state index contributed by atoms with van der Waals surface area (Å²) in [6.07, 6.45) is 7.29. The van der Waals surface area contributed by atoms with E-state index in [1.54, 1.807) is 0 Å². The molecule has 7 atom stereocenters. The molecule has 2 heterocycles. The normalized spacial score (nSPS) is 36.1. The van der Waals surface area contributed by atoms with Crippen molar-refractivity contribution in [3.8, 4) is 5.75 Å². The summed E-state index contributed by atoms with van der Waals surface area (Å²) in [5.41, 5.74) is 1.92. The number of likely N-dealkylation sites (tertiary alicyclic amines) is 1. The zero-order valence-corrected chi connectivity index (χ0v) is 26.5. The molecule has 8 heteroatoms. The number of ether oxygens (including phenoxy) is 2. The fourth-order valence-electron chi connectivity index (χ4n) is 9.08. The molecule has 7 fully saturated rings. The molecule has 2 saturated heterocycles. The molecular formula is C34H48BNO6. The van der Waals surface area contributed by atoms with Crippen molar-refractivity contribution in [2.45, 2.75) is 117 Å². The number of esters is 1. The summed E-state index contributed by atoms with van der Waals surface area (Å²) in [5.74, 6) is 3.50. The van der Waals surface area contributed by atoms with Gasteiger partial charge in [0.1, 0.15) is 23.0 Å². The van der Waals surface area contributed by atoms with Gasteiger partial charge < -0.3 is 23.7 Å². The first-order valence-corrected chi connectivity index (χ1v) is 16.4. The summed E-state index contributed by atoms with van der Waals surface area (Å²) in [5, 5.41) is 0. The molecule has 1 aromatic rings. The van der Waals surface area contributed by atoms with Crippen molar-refractivity contribution in [1.29, 1.82) is 0 Å². The van der Waals surface area contributed by atoms with E-state index < -0.39 is 5.60 Å². The number of hydrogen-bond acceptors (Lipinski definition) is 6. The Labute approximate surface area is 251 Å². The number of nitrogens with zero attached hydrogens (tertiary/aromatic N) is 1. The molecule has 5 saturated carbocycles. The second-order valence-electron chi connectivity index (χ2n) is 16.1. The SMILES string of the molecule is Cc1c(CCB2O[C@@H]3C[C@@H]4C[C@@H](C4(C)C)[C@]3(C)O2)ccc(OC2CN(C(=O)C3C[C@@H]4C[C@@H]4C3)C2)c1C(=O)OC(C)(C)C. The molecule has 8 rings (SSSR count). The minimum atomic E-state index is -0.621. The largest absolute Gasteiger partial charge is 0.486 e. The topological polar surface area (TPSA) is 74.3 Å². The lowest BCUT2D eigenvalue weighted by Crippen LogP contribution is -2.65. The molecule has 0 radical (unpaired) electrons. The van der Waals surface area contributed by atoms with Crippen LogP contribution in [0.4, 0.5) is 0 Å². The van der Waals surface area contributed by atoms with Crippen LogP contribution in [0.2, 0.25) is 6.32 Å². The highest BCUT2D eigenvalue weighted by molar-refractivity contribution is 6.45. The lowest BCUT2D eigenvalue weighted by atomic mass is 9.43. The summed E-state index contributed by atoms with van der Waals surface area (Å²) in [6, 6.07) is 3.97. The van der Waals surface area contributed by atoms with E-state index in [0.717, 1.165) is 60.9 Å². The standard InChI is InChI=1S/C34H48BNO6/c1-19-20(10-11-35-41-28-16-24-15-27(33(24,5)6)34(28,7)42-35)8-9-26(29(19)31(38)40-32(2,3)4)39-25-17-36(18-25)30(37)23-13-21-12-22(21)14-23/h8-9,21-25,27-28H,10-18H2,1-7H3/t21-,22+,23?,24-,27-,28+,34-/m0/s1. The number of amides is 1. The van der Waals surface area contributed by atoms with Crippen molar-refractivity contribution >= 4 is 19.0 Å². The summed E-state index contributed by atoms with van der Waals surface area (Å²) < 4.78 is 25.3. The van der Waals surface area contributed by atoms with Gasteiger partial charge in [0, 0.05) is 5.92 Å². The molecule has 7 aliphatic rings. The number of aryl methyl sites for hydroxylation is 1.